The Bertz CT molecular complexity index is 1140. The molecule has 2 aromatic heterocycles. The van der Waals surface area contributed by atoms with Crippen LogP contribution in [0.15, 0.2) is 72.0 Å². The van der Waals surface area contributed by atoms with Gasteiger partial charge in [0.15, 0.2) is 0 Å². The van der Waals surface area contributed by atoms with E-state index in [9.17, 15) is 4.79 Å². The predicted molar refractivity (Wildman–Crippen MR) is 117 cm³/mol. The Morgan fingerprint density at radius 1 is 1.14 bits per heavy atom. The van der Waals surface area contributed by atoms with Crippen LogP contribution in [0.5, 0.6) is 0 Å². The Labute approximate surface area is 178 Å². The summed E-state index contributed by atoms with van der Waals surface area (Å²) in [5, 5.41) is 9.01. The molecule has 0 saturated carbocycles. The number of nitrogens with one attached hydrogen (secondary N) is 1. The van der Waals surface area contributed by atoms with E-state index < -0.39 is 0 Å². The van der Waals surface area contributed by atoms with E-state index in [0.717, 1.165) is 27.4 Å². The van der Waals surface area contributed by atoms with Gasteiger partial charge in [-0.05, 0) is 30.7 Å². The topological polar surface area (TPSA) is 59.3 Å². The van der Waals surface area contributed by atoms with Crippen molar-refractivity contribution >= 4 is 34.8 Å². The molecule has 7 heteroatoms. The summed E-state index contributed by atoms with van der Waals surface area (Å²) in [5.41, 5.74) is 4.96. The number of hydrogen-bond donors (Lipinski definition) is 1. The molecule has 0 atom stereocenters. The maximum atomic E-state index is 12.3. The zero-order valence-corrected chi connectivity index (χ0v) is 17.4. The van der Waals surface area contributed by atoms with Crippen molar-refractivity contribution in [1.29, 1.82) is 0 Å². The molecule has 4 aromatic rings. The van der Waals surface area contributed by atoms with Crippen LogP contribution in [0.3, 0.4) is 0 Å². The van der Waals surface area contributed by atoms with Crippen LogP contribution in [0.4, 0.5) is 0 Å². The van der Waals surface area contributed by atoms with Crippen molar-refractivity contribution in [3.8, 4) is 11.3 Å². The van der Waals surface area contributed by atoms with Crippen LogP contribution in [-0.4, -0.2) is 26.3 Å². The normalized spacial score (nSPS) is 11.0. The molecule has 0 unspecified atom stereocenters. The van der Waals surface area contributed by atoms with Gasteiger partial charge in [-0.25, -0.2) is 9.50 Å². The molecule has 0 fully saturated rings. The van der Waals surface area contributed by atoms with Crippen LogP contribution in [0, 0.1) is 6.92 Å². The van der Waals surface area contributed by atoms with Gasteiger partial charge in [-0.15, -0.1) is 0 Å². The van der Waals surface area contributed by atoms with E-state index in [1.807, 2.05) is 61.5 Å². The number of benzene rings is 2. The average molecular weight is 423 g/mol. The molecule has 2 heterocycles. The van der Waals surface area contributed by atoms with Gasteiger partial charge < -0.3 is 5.32 Å². The fourth-order valence-corrected chi connectivity index (χ4v) is 3.79. The molecule has 2 aromatic carbocycles. The van der Waals surface area contributed by atoms with E-state index in [1.54, 1.807) is 16.9 Å². The maximum Gasteiger partial charge on any atom is 0.230 e. The van der Waals surface area contributed by atoms with Crippen molar-refractivity contribution in [3.05, 3.63) is 83.1 Å². The summed E-state index contributed by atoms with van der Waals surface area (Å²) in [6.45, 7) is 2.56. The van der Waals surface area contributed by atoms with E-state index in [0.29, 0.717) is 17.3 Å². The number of amides is 1. The van der Waals surface area contributed by atoms with Crippen molar-refractivity contribution in [2.45, 2.75) is 18.5 Å². The Kier molecular flexibility index (Phi) is 5.83. The fourth-order valence-electron chi connectivity index (χ4n) is 2.86. The molecule has 29 heavy (non-hydrogen) atoms. The monoisotopic (exact) mass is 422 g/mol. The van der Waals surface area contributed by atoms with Crippen LogP contribution >= 0.6 is 23.4 Å². The van der Waals surface area contributed by atoms with Gasteiger partial charge in [-0.1, -0.05) is 65.3 Å². The van der Waals surface area contributed by atoms with Gasteiger partial charge in [0.2, 0.25) is 5.91 Å². The van der Waals surface area contributed by atoms with Crippen molar-refractivity contribution < 1.29 is 4.79 Å². The standard InChI is InChI=1S/C22H19ClN4OS/c1-15-2-4-16(5-3-15)13-25-21(28)14-29-22-20-12-19(26-27(20)11-10-24-22)17-6-8-18(23)9-7-17/h2-12H,13-14H2,1H3,(H,25,28). The molecule has 4 rings (SSSR count). The molecule has 0 radical (unpaired) electrons. The van der Waals surface area contributed by atoms with Crippen LogP contribution in [0.2, 0.25) is 5.02 Å². The second-order valence-electron chi connectivity index (χ2n) is 6.65. The zero-order valence-electron chi connectivity index (χ0n) is 15.8. The Morgan fingerprint density at radius 3 is 2.66 bits per heavy atom. The van der Waals surface area contributed by atoms with Gasteiger partial charge >= 0.3 is 0 Å². The molecule has 0 spiro atoms. The van der Waals surface area contributed by atoms with Crippen molar-refractivity contribution in [3.63, 3.8) is 0 Å². The van der Waals surface area contributed by atoms with Crippen LogP contribution in [0.25, 0.3) is 16.8 Å². The van der Waals surface area contributed by atoms with Crippen molar-refractivity contribution in [2.75, 3.05) is 5.75 Å². The molecule has 146 valence electrons. The van der Waals surface area contributed by atoms with Gasteiger partial charge in [0, 0.05) is 29.5 Å². The minimum absolute atomic E-state index is 0.0307. The third-order valence-corrected chi connectivity index (χ3v) is 5.69. The minimum atomic E-state index is -0.0307. The first-order valence-corrected chi connectivity index (χ1v) is 10.5. The SMILES string of the molecule is Cc1ccc(CNC(=O)CSc2nccn3nc(-c4ccc(Cl)cc4)cc23)cc1. The van der Waals surface area contributed by atoms with E-state index in [4.69, 9.17) is 11.6 Å². The highest BCUT2D eigenvalue weighted by Gasteiger charge is 2.11. The van der Waals surface area contributed by atoms with Crippen molar-refractivity contribution in [1.82, 2.24) is 19.9 Å². The first kappa shape index (κ1) is 19.5. The predicted octanol–water partition coefficient (Wildman–Crippen LogP) is 4.77. The molecule has 1 N–H and O–H groups in total. The highest BCUT2D eigenvalue weighted by Crippen LogP contribution is 2.26. The second kappa shape index (κ2) is 8.68. The summed E-state index contributed by atoms with van der Waals surface area (Å²) in [5.74, 6) is 0.261. The first-order chi connectivity index (χ1) is 14.1. The number of halogens is 1. The molecule has 0 aliphatic rings. The van der Waals surface area contributed by atoms with Crippen molar-refractivity contribution in [2.24, 2.45) is 0 Å². The van der Waals surface area contributed by atoms with Crippen LogP contribution in [-0.2, 0) is 11.3 Å². The second-order valence-corrected chi connectivity index (χ2v) is 8.05. The summed E-state index contributed by atoms with van der Waals surface area (Å²) >= 11 is 7.37. The lowest BCUT2D eigenvalue weighted by molar-refractivity contribution is -0.118. The van der Waals surface area contributed by atoms with Gasteiger partial charge in [0.25, 0.3) is 0 Å². The summed E-state index contributed by atoms with van der Waals surface area (Å²) in [7, 11) is 0. The van der Waals surface area contributed by atoms with Gasteiger partial charge in [-0.3, -0.25) is 4.79 Å². The number of nitrogens with zero attached hydrogens (tertiary/aromatic N) is 3. The summed E-state index contributed by atoms with van der Waals surface area (Å²) in [6, 6.07) is 17.7. The number of hydrogen-bond acceptors (Lipinski definition) is 4. The zero-order chi connectivity index (χ0) is 20.2. The summed E-state index contributed by atoms with van der Waals surface area (Å²) in [4.78, 5) is 16.7. The Balaban J connectivity index is 1.43. The largest absolute Gasteiger partial charge is 0.351 e. The number of fused-ring (bicyclic) bond motifs is 1. The molecular formula is C22H19ClN4OS. The van der Waals surface area contributed by atoms with Gasteiger partial charge in [0.05, 0.1) is 17.0 Å². The lowest BCUT2D eigenvalue weighted by Crippen LogP contribution is -2.24. The Morgan fingerprint density at radius 2 is 1.90 bits per heavy atom. The molecule has 0 saturated heterocycles. The number of aromatic nitrogens is 3. The number of thioether (sulfide) groups is 1. The van der Waals surface area contributed by atoms with Crippen LogP contribution in [0.1, 0.15) is 11.1 Å². The van der Waals surface area contributed by atoms with E-state index in [2.05, 4.69) is 15.4 Å². The average Bonchev–Trinajstić information content (AvgIpc) is 3.17. The Hall–Kier alpha value is -2.83. The maximum absolute atomic E-state index is 12.3. The van der Waals surface area contributed by atoms with Crippen LogP contribution < -0.4 is 5.32 Å². The lowest BCUT2D eigenvalue weighted by atomic mass is 10.1. The number of rotatable bonds is 6. The number of carbonyl (C=O) groups is 1. The van der Waals surface area contributed by atoms with E-state index in [-0.39, 0.29) is 5.91 Å². The molecule has 0 aliphatic heterocycles. The molecule has 5 nitrogen and oxygen atoms in total. The molecule has 0 aliphatic carbocycles. The summed E-state index contributed by atoms with van der Waals surface area (Å²) < 4.78 is 1.78. The van der Waals surface area contributed by atoms with E-state index in [1.165, 1.54) is 17.3 Å². The summed E-state index contributed by atoms with van der Waals surface area (Å²) in [6.07, 6.45) is 3.49. The van der Waals surface area contributed by atoms with Gasteiger partial charge in [0.1, 0.15) is 5.03 Å². The number of aryl methyl sites for hydroxylation is 1. The fraction of sp³-hybridized carbons (Fsp3) is 0.136. The third-order valence-electron chi connectivity index (χ3n) is 4.44. The highest BCUT2D eigenvalue weighted by molar-refractivity contribution is 8.00. The first-order valence-electron chi connectivity index (χ1n) is 9.14. The third kappa shape index (κ3) is 4.78. The quantitative estimate of drug-likeness (QED) is 0.455. The molecule has 0 bridgehead atoms. The minimum Gasteiger partial charge on any atom is -0.351 e. The molecular weight excluding hydrogens is 404 g/mol. The van der Waals surface area contributed by atoms with Gasteiger partial charge in [-0.2, -0.15) is 5.10 Å². The lowest BCUT2D eigenvalue weighted by Gasteiger charge is -2.06. The highest BCUT2D eigenvalue weighted by atomic mass is 35.5. The molecule has 1 amide bonds. The number of carbonyl (C=O) groups excluding carboxylic acids is 1. The van der Waals surface area contributed by atoms with E-state index >= 15 is 0 Å². The smallest absolute Gasteiger partial charge is 0.230 e.